The van der Waals surface area contributed by atoms with Crippen LogP contribution in [0.3, 0.4) is 0 Å². The van der Waals surface area contributed by atoms with Gasteiger partial charge in [-0.15, -0.1) is 0 Å². The average Bonchev–Trinajstić information content (AvgIpc) is 2.42. The number of carbonyl (C=O) groups is 2. The van der Waals surface area contributed by atoms with Gasteiger partial charge >= 0.3 is 6.03 Å². The lowest BCUT2D eigenvalue weighted by molar-refractivity contribution is -0.129. The fourth-order valence-corrected chi connectivity index (χ4v) is 1.94. The first-order chi connectivity index (χ1) is 7.52. The lowest BCUT2D eigenvalue weighted by Crippen LogP contribution is -2.45. The molecule has 1 saturated heterocycles. The second-order valence-electron chi connectivity index (χ2n) is 6.89. The van der Waals surface area contributed by atoms with Crippen molar-refractivity contribution in [2.45, 2.75) is 53.5 Å². The van der Waals surface area contributed by atoms with Gasteiger partial charge in [0.05, 0.1) is 0 Å². The monoisotopic (exact) mass is 240 g/mol. The highest BCUT2D eigenvalue weighted by Crippen LogP contribution is 2.24. The number of hydrogen-bond acceptors (Lipinski definition) is 2. The van der Waals surface area contributed by atoms with E-state index in [0.717, 1.165) is 0 Å². The van der Waals surface area contributed by atoms with Gasteiger partial charge in [-0.1, -0.05) is 20.8 Å². The van der Waals surface area contributed by atoms with Crippen LogP contribution in [-0.2, 0) is 4.79 Å². The summed E-state index contributed by atoms with van der Waals surface area (Å²) in [6, 6.07) is -0.147. The smallest absolute Gasteiger partial charge is 0.318 e. The minimum atomic E-state index is -0.214. The number of rotatable bonds is 1. The molecule has 3 amide bonds. The topological polar surface area (TPSA) is 40.6 Å². The molecule has 0 aromatic carbocycles. The Hall–Kier alpha value is -1.06. The Morgan fingerprint density at radius 1 is 1.12 bits per heavy atom. The van der Waals surface area contributed by atoms with Crippen molar-refractivity contribution in [3.8, 4) is 0 Å². The van der Waals surface area contributed by atoms with E-state index in [-0.39, 0.29) is 22.9 Å². The van der Waals surface area contributed by atoms with E-state index in [1.165, 1.54) is 4.90 Å². The first-order valence-electron chi connectivity index (χ1n) is 6.14. The minimum Gasteiger partial charge on any atom is -0.318 e. The summed E-state index contributed by atoms with van der Waals surface area (Å²) in [7, 11) is 0. The van der Waals surface area contributed by atoms with Gasteiger partial charge in [0, 0.05) is 25.0 Å². The van der Waals surface area contributed by atoms with E-state index in [4.69, 9.17) is 0 Å². The van der Waals surface area contributed by atoms with Gasteiger partial charge in [0.2, 0.25) is 5.91 Å². The lowest BCUT2D eigenvalue weighted by atomic mass is 9.92. The Bertz CT molecular complexity index is 323. The van der Waals surface area contributed by atoms with Crippen LogP contribution in [0.1, 0.15) is 48.0 Å². The van der Waals surface area contributed by atoms with Crippen LogP contribution in [0.25, 0.3) is 0 Å². The molecule has 1 aliphatic heterocycles. The summed E-state index contributed by atoms with van der Waals surface area (Å²) in [4.78, 5) is 27.3. The zero-order valence-corrected chi connectivity index (χ0v) is 11.8. The maximum Gasteiger partial charge on any atom is 0.327 e. The highest BCUT2D eigenvalue weighted by Gasteiger charge is 2.39. The van der Waals surface area contributed by atoms with Crippen LogP contribution in [0, 0.1) is 5.41 Å². The summed E-state index contributed by atoms with van der Waals surface area (Å²) >= 11 is 0. The molecule has 0 spiro atoms. The van der Waals surface area contributed by atoms with Gasteiger partial charge < -0.3 is 4.90 Å². The Morgan fingerprint density at radius 2 is 1.65 bits per heavy atom. The number of carbonyl (C=O) groups excluding carboxylic acids is 2. The minimum absolute atomic E-state index is 0.0609. The molecule has 0 aromatic heterocycles. The molecule has 98 valence electrons. The first-order valence-corrected chi connectivity index (χ1v) is 6.14. The van der Waals surface area contributed by atoms with Crippen LogP contribution in [0.2, 0.25) is 0 Å². The maximum atomic E-state index is 12.1. The Labute approximate surface area is 104 Å². The van der Waals surface area contributed by atoms with Crippen molar-refractivity contribution in [2.75, 3.05) is 13.1 Å². The Kier molecular flexibility index (Phi) is 3.55. The van der Waals surface area contributed by atoms with E-state index in [1.807, 2.05) is 41.5 Å². The van der Waals surface area contributed by atoms with Crippen molar-refractivity contribution < 1.29 is 9.59 Å². The van der Waals surface area contributed by atoms with Crippen molar-refractivity contribution in [3.05, 3.63) is 0 Å². The van der Waals surface area contributed by atoms with Crippen LogP contribution in [0.4, 0.5) is 4.79 Å². The van der Waals surface area contributed by atoms with Gasteiger partial charge in [-0.05, 0) is 26.2 Å². The molecule has 1 fully saturated rings. The molecule has 0 atom stereocenters. The molecule has 4 heteroatoms. The van der Waals surface area contributed by atoms with Crippen molar-refractivity contribution in [1.82, 2.24) is 9.80 Å². The number of nitrogens with zero attached hydrogens (tertiary/aromatic N) is 2. The van der Waals surface area contributed by atoms with Gasteiger partial charge in [-0.3, -0.25) is 9.69 Å². The fourth-order valence-electron chi connectivity index (χ4n) is 1.94. The molecule has 0 N–H and O–H groups in total. The highest BCUT2D eigenvalue weighted by molar-refractivity contribution is 5.96. The third kappa shape index (κ3) is 3.45. The third-order valence-electron chi connectivity index (χ3n) is 2.80. The molecule has 0 aromatic rings. The van der Waals surface area contributed by atoms with E-state index in [2.05, 4.69) is 0 Å². The normalized spacial score (nSPS) is 17.9. The highest BCUT2D eigenvalue weighted by atomic mass is 16.2. The fraction of sp³-hybridized carbons (Fsp3) is 0.846. The number of amides is 3. The van der Waals surface area contributed by atoms with Crippen LogP contribution < -0.4 is 0 Å². The van der Waals surface area contributed by atoms with Gasteiger partial charge in [0.1, 0.15) is 0 Å². The van der Waals surface area contributed by atoms with Crippen LogP contribution in [-0.4, -0.2) is 40.4 Å². The van der Waals surface area contributed by atoms with Crippen molar-refractivity contribution in [2.24, 2.45) is 5.41 Å². The van der Waals surface area contributed by atoms with Crippen molar-refractivity contribution >= 4 is 11.9 Å². The zero-order chi connectivity index (χ0) is 13.4. The van der Waals surface area contributed by atoms with Crippen molar-refractivity contribution in [1.29, 1.82) is 0 Å². The summed E-state index contributed by atoms with van der Waals surface area (Å²) in [6.45, 7) is 13.1. The number of urea groups is 1. The zero-order valence-electron chi connectivity index (χ0n) is 11.8. The number of imide groups is 1. The van der Waals surface area contributed by atoms with E-state index in [1.54, 1.807) is 4.90 Å². The van der Waals surface area contributed by atoms with Crippen LogP contribution in [0.5, 0.6) is 0 Å². The molecule has 0 radical (unpaired) electrons. The Morgan fingerprint density at radius 3 is 2.00 bits per heavy atom. The third-order valence-corrected chi connectivity index (χ3v) is 2.80. The average molecular weight is 240 g/mol. The van der Waals surface area contributed by atoms with Crippen molar-refractivity contribution in [3.63, 3.8) is 0 Å². The first kappa shape index (κ1) is 14.0. The summed E-state index contributed by atoms with van der Waals surface area (Å²) in [6.07, 6.45) is 0.413. The molecule has 0 saturated carbocycles. The van der Waals surface area contributed by atoms with Crippen LogP contribution >= 0.6 is 0 Å². The van der Waals surface area contributed by atoms with Gasteiger partial charge in [0.25, 0.3) is 0 Å². The number of hydrogen-bond donors (Lipinski definition) is 0. The predicted molar refractivity (Wildman–Crippen MR) is 67.6 cm³/mol. The molecule has 0 unspecified atom stereocenters. The van der Waals surface area contributed by atoms with Gasteiger partial charge in [-0.2, -0.15) is 0 Å². The second kappa shape index (κ2) is 4.31. The maximum absolute atomic E-state index is 12.1. The van der Waals surface area contributed by atoms with Crippen LogP contribution in [0.15, 0.2) is 0 Å². The quantitative estimate of drug-likeness (QED) is 0.706. The van der Waals surface area contributed by atoms with E-state index in [9.17, 15) is 9.59 Å². The summed E-state index contributed by atoms with van der Waals surface area (Å²) in [5, 5.41) is 0. The van der Waals surface area contributed by atoms with E-state index < -0.39 is 0 Å². The van der Waals surface area contributed by atoms with Gasteiger partial charge in [0.15, 0.2) is 0 Å². The molecule has 4 nitrogen and oxygen atoms in total. The molecule has 1 aliphatic rings. The molecular weight excluding hydrogens is 216 g/mol. The second-order valence-corrected chi connectivity index (χ2v) is 6.89. The SMILES string of the molecule is CC(C)(C)CC(=O)N1CCN(C(C)(C)C)C1=O. The van der Waals surface area contributed by atoms with E-state index in [0.29, 0.717) is 19.5 Å². The summed E-state index contributed by atoms with van der Waals surface area (Å²) in [5.41, 5.74) is -0.291. The standard InChI is InChI=1S/C13H24N2O2/c1-12(2,3)9-10(16)14-7-8-15(11(14)17)13(4,5)6/h7-9H2,1-6H3. The summed E-state index contributed by atoms with van der Waals surface area (Å²) < 4.78 is 0. The molecule has 0 aliphatic carbocycles. The Balaban J connectivity index is 2.71. The summed E-state index contributed by atoms with van der Waals surface area (Å²) in [5.74, 6) is -0.0609. The molecule has 1 rings (SSSR count). The molecule has 0 bridgehead atoms. The van der Waals surface area contributed by atoms with Gasteiger partial charge in [-0.25, -0.2) is 4.79 Å². The largest absolute Gasteiger partial charge is 0.327 e. The lowest BCUT2D eigenvalue weighted by Gasteiger charge is -2.31. The molecular formula is C13H24N2O2. The molecule has 17 heavy (non-hydrogen) atoms. The van der Waals surface area contributed by atoms with E-state index >= 15 is 0 Å². The predicted octanol–water partition coefficient (Wildman–Crippen LogP) is 2.49. The molecule has 1 heterocycles.